The largest absolute Gasteiger partial charge is 0.207 e. The van der Waals surface area contributed by atoms with Crippen LogP contribution in [0.15, 0.2) is 46.9 Å². The van der Waals surface area contributed by atoms with Gasteiger partial charge in [-0.3, -0.25) is 0 Å². The fraction of sp³-hybridized carbons (Fsp3) is 0.143. The van der Waals surface area contributed by atoms with E-state index in [0.29, 0.717) is 17.0 Å². The van der Waals surface area contributed by atoms with Crippen LogP contribution in [0.1, 0.15) is 16.0 Å². The van der Waals surface area contributed by atoms with Crippen LogP contribution in [0.3, 0.4) is 0 Å². The molecule has 0 N–H and O–H groups in total. The fourth-order valence-corrected chi connectivity index (χ4v) is 3.09. The number of hydrogen-bond donors (Lipinski definition) is 0. The number of halogens is 4. The van der Waals surface area contributed by atoms with Gasteiger partial charge in [-0.2, -0.15) is 0 Å². The number of hydrogen-bond acceptors (Lipinski definition) is 0. The van der Waals surface area contributed by atoms with E-state index in [-0.39, 0.29) is 10.6 Å². The molecule has 0 aliphatic carbocycles. The van der Waals surface area contributed by atoms with Crippen LogP contribution in [0.4, 0.5) is 4.39 Å². The van der Waals surface area contributed by atoms with Gasteiger partial charge in [0.15, 0.2) is 0 Å². The van der Waals surface area contributed by atoms with Gasteiger partial charge in [-0.05, 0) is 42.3 Å². The molecule has 0 nitrogen and oxygen atoms in total. The van der Waals surface area contributed by atoms with Gasteiger partial charge < -0.3 is 0 Å². The van der Waals surface area contributed by atoms with Crippen molar-refractivity contribution < 1.29 is 4.39 Å². The summed E-state index contributed by atoms with van der Waals surface area (Å²) in [5.41, 5.74) is 1.72. The predicted octanol–water partition coefficient (Wildman–Crippen LogP) is 5.92. The lowest BCUT2D eigenvalue weighted by Crippen LogP contribution is -1.98. The van der Waals surface area contributed by atoms with Crippen LogP contribution in [0, 0.1) is 5.82 Å². The maximum Gasteiger partial charge on any atom is 0.127 e. The monoisotopic (exact) mass is 390 g/mol. The third kappa shape index (κ3) is 3.56. The SMILES string of the molecule is Fc1ccc(Cl)cc1C(Br)Cc1cccc(Br)c1. The van der Waals surface area contributed by atoms with Gasteiger partial charge >= 0.3 is 0 Å². The van der Waals surface area contributed by atoms with E-state index in [1.165, 1.54) is 6.07 Å². The second kappa shape index (κ2) is 6.18. The van der Waals surface area contributed by atoms with Gasteiger partial charge in [0.2, 0.25) is 0 Å². The molecule has 4 heteroatoms. The summed E-state index contributed by atoms with van der Waals surface area (Å²) in [6.07, 6.45) is 0.705. The minimum atomic E-state index is -0.240. The fourth-order valence-electron chi connectivity index (χ4n) is 1.74. The van der Waals surface area contributed by atoms with E-state index in [2.05, 4.69) is 31.9 Å². The molecule has 2 aromatic carbocycles. The number of alkyl halides is 1. The number of benzene rings is 2. The Hall–Kier alpha value is -0.380. The maximum atomic E-state index is 13.7. The molecule has 0 aliphatic rings. The van der Waals surface area contributed by atoms with Gasteiger partial charge in [0.1, 0.15) is 5.82 Å². The zero-order valence-corrected chi connectivity index (χ0v) is 13.3. The molecule has 94 valence electrons. The predicted molar refractivity (Wildman–Crippen MR) is 80.9 cm³/mol. The lowest BCUT2D eigenvalue weighted by atomic mass is 10.0. The van der Waals surface area contributed by atoms with E-state index >= 15 is 0 Å². The molecular weight excluding hydrogens is 382 g/mol. The Labute approximate surface area is 127 Å². The van der Waals surface area contributed by atoms with Crippen molar-refractivity contribution in [2.45, 2.75) is 11.2 Å². The Kier molecular flexibility index (Phi) is 4.82. The van der Waals surface area contributed by atoms with Crippen LogP contribution >= 0.6 is 43.5 Å². The molecule has 0 aliphatic heterocycles. The van der Waals surface area contributed by atoms with Crippen LogP contribution in [-0.2, 0) is 6.42 Å². The second-order valence-corrected chi connectivity index (χ2v) is 6.42. The molecule has 18 heavy (non-hydrogen) atoms. The van der Waals surface area contributed by atoms with Gasteiger partial charge in [-0.15, -0.1) is 0 Å². The Balaban J connectivity index is 2.21. The topological polar surface area (TPSA) is 0 Å². The van der Waals surface area contributed by atoms with E-state index in [1.54, 1.807) is 12.1 Å². The van der Waals surface area contributed by atoms with Gasteiger partial charge in [0.25, 0.3) is 0 Å². The summed E-state index contributed by atoms with van der Waals surface area (Å²) in [6.45, 7) is 0. The molecule has 0 heterocycles. The average Bonchev–Trinajstić information content (AvgIpc) is 2.32. The second-order valence-electron chi connectivity index (χ2n) is 3.97. The highest BCUT2D eigenvalue weighted by Gasteiger charge is 2.14. The van der Waals surface area contributed by atoms with Gasteiger partial charge in [0, 0.05) is 19.9 Å². The van der Waals surface area contributed by atoms with Crippen molar-refractivity contribution >= 4 is 43.5 Å². The van der Waals surface area contributed by atoms with Crippen molar-refractivity contribution in [3.63, 3.8) is 0 Å². The summed E-state index contributed by atoms with van der Waals surface area (Å²) in [4.78, 5) is -0.0921. The summed E-state index contributed by atoms with van der Waals surface area (Å²) < 4.78 is 14.7. The van der Waals surface area contributed by atoms with Gasteiger partial charge in [-0.25, -0.2) is 4.39 Å². The minimum absolute atomic E-state index is 0.0921. The van der Waals surface area contributed by atoms with Crippen LogP contribution in [0.25, 0.3) is 0 Å². The Morgan fingerprint density at radius 1 is 1.17 bits per heavy atom. The molecule has 0 aromatic heterocycles. The van der Waals surface area contributed by atoms with Gasteiger partial charge in [-0.1, -0.05) is 55.6 Å². The molecule has 1 atom stereocenters. The summed E-state index contributed by atoms with van der Waals surface area (Å²) >= 11 is 12.8. The molecule has 0 spiro atoms. The van der Waals surface area contributed by atoms with Crippen molar-refractivity contribution in [2.75, 3.05) is 0 Å². The molecule has 0 bridgehead atoms. The van der Waals surface area contributed by atoms with Crippen molar-refractivity contribution in [1.82, 2.24) is 0 Å². The Morgan fingerprint density at radius 3 is 2.67 bits per heavy atom. The first kappa shape index (κ1) is 14.0. The molecule has 0 radical (unpaired) electrons. The van der Waals surface area contributed by atoms with Gasteiger partial charge in [0.05, 0.1) is 0 Å². The normalized spacial score (nSPS) is 12.4. The maximum absolute atomic E-state index is 13.7. The van der Waals surface area contributed by atoms with Crippen LogP contribution < -0.4 is 0 Å². The highest BCUT2D eigenvalue weighted by atomic mass is 79.9. The number of rotatable bonds is 3. The molecule has 0 fully saturated rings. The first-order valence-electron chi connectivity index (χ1n) is 5.40. The third-order valence-corrected chi connectivity index (χ3v) is 4.14. The summed E-state index contributed by atoms with van der Waals surface area (Å²) in [5, 5.41) is 0.546. The quantitative estimate of drug-likeness (QED) is 0.569. The van der Waals surface area contributed by atoms with E-state index in [4.69, 9.17) is 11.6 Å². The van der Waals surface area contributed by atoms with Crippen LogP contribution in [0.2, 0.25) is 5.02 Å². The molecule has 0 saturated carbocycles. The van der Waals surface area contributed by atoms with Crippen molar-refractivity contribution in [3.8, 4) is 0 Å². The molecule has 1 unspecified atom stereocenters. The highest BCUT2D eigenvalue weighted by Crippen LogP contribution is 2.31. The van der Waals surface area contributed by atoms with Crippen molar-refractivity contribution in [1.29, 1.82) is 0 Å². The standard InChI is InChI=1S/C14H10Br2ClF/c15-10-3-1-2-9(6-10)7-13(16)12-8-11(17)4-5-14(12)18/h1-6,8,13H,7H2. The van der Waals surface area contributed by atoms with Crippen LogP contribution in [0.5, 0.6) is 0 Å². The van der Waals surface area contributed by atoms with E-state index in [0.717, 1.165) is 10.0 Å². The zero-order chi connectivity index (χ0) is 13.1. The van der Waals surface area contributed by atoms with Crippen molar-refractivity contribution in [2.24, 2.45) is 0 Å². The van der Waals surface area contributed by atoms with E-state index < -0.39 is 0 Å². The lowest BCUT2D eigenvalue weighted by molar-refractivity contribution is 0.608. The third-order valence-electron chi connectivity index (χ3n) is 2.60. The lowest BCUT2D eigenvalue weighted by Gasteiger charge is -2.12. The zero-order valence-electron chi connectivity index (χ0n) is 9.34. The molecule has 0 amide bonds. The highest BCUT2D eigenvalue weighted by molar-refractivity contribution is 9.10. The van der Waals surface area contributed by atoms with E-state index in [9.17, 15) is 4.39 Å². The summed E-state index contributed by atoms with van der Waals surface area (Å²) in [6, 6.07) is 12.6. The first-order valence-corrected chi connectivity index (χ1v) is 7.48. The summed E-state index contributed by atoms with van der Waals surface area (Å²) in [7, 11) is 0. The molecular formula is C14H10Br2ClF. The molecule has 2 aromatic rings. The van der Waals surface area contributed by atoms with E-state index in [1.807, 2.05) is 24.3 Å². The average molecular weight is 392 g/mol. The Morgan fingerprint density at radius 2 is 1.94 bits per heavy atom. The smallest absolute Gasteiger partial charge is 0.127 e. The summed E-state index contributed by atoms with van der Waals surface area (Å²) in [5.74, 6) is -0.240. The molecule has 2 rings (SSSR count). The van der Waals surface area contributed by atoms with Crippen molar-refractivity contribution in [3.05, 3.63) is 68.9 Å². The molecule has 0 saturated heterocycles. The first-order chi connectivity index (χ1) is 8.56. The minimum Gasteiger partial charge on any atom is -0.207 e. The van der Waals surface area contributed by atoms with Crippen LogP contribution in [-0.4, -0.2) is 0 Å². The Bertz CT molecular complexity index is 557.